The summed E-state index contributed by atoms with van der Waals surface area (Å²) in [5.74, 6) is 0.221. The van der Waals surface area contributed by atoms with Crippen LogP contribution in [0, 0.1) is 12.7 Å². The van der Waals surface area contributed by atoms with Crippen LogP contribution in [0.4, 0.5) is 10.2 Å². The average Bonchev–Trinajstić information content (AvgIpc) is 2.06. The number of anilines is 1. The molecule has 0 aliphatic heterocycles. The molecule has 0 bridgehead atoms. The van der Waals surface area contributed by atoms with Gasteiger partial charge in [-0.1, -0.05) is 0 Å². The van der Waals surface area contributed by atoms with E-state index in [-0.39, 0.29) is 5.82 Å². The molecular formula is C10H9FN2. The number of nitrogens with two attached hydrogens (primary N) is 1. The molecule has 2 nitrogen and oxygen atoms in total. The molecule has 3 heteroatoms. The van der Waals surface area contributed by atoms with Gasteiger partial charge in [0.05, 0.1) is 5.52 Å². The van der Waals surface area contributed by atoms with Gasteiger partial charge < -0.3 is 5.73 Å². The molecule has 0 unspecified atom stereocenters. The number of nitrogen functional groups attached to an aromatic ring is 1. The summed E-state index contributed by atoms with van der Waals surface area (Å²) in [6.07, 6.45) is 0. The summed E-state index contributed by atoms with van der Waals surface area (Å²) >= 11 is 0. The van der Waals surface area contributed by atoms with Gasteiger partial charge in [-0.3, -0.25) is 0 Å². The summed E-state index contributed by atoms with van der Waals surface area (Å²) in [5.41, 5.74) is 7.24. The Balaban J connectivity index is 2.87. The van der Waals surface area contributed by atoms with Gasteiger partial charge in [-0.05, 0) is 36.8 Å². The largest absolute Gasteiger partial charge is 0.384 e. The number of aromatic nitrogens is 1. The van der Waals surface area contributed by atoms with E-state index >= 15 is 0 Å². The minimum absolute atomic E-state index is 0.248. The van der Waals surface area contributed by atoms with Crippen molar-refractivity contribution in [2.75, 3.05) is 5.73 Å². The van der Waals surface area contributed by atoms with E-state index in [1.165, 1.54) is 12.1 Å². The van der Waals surface area contributed by atoms with Crippen LogP contribution in [0.25, 0.3) is 10.9 Å². The Labute approximate surface area is 75.2 Å². The minimum Gasteiger partial charge on any atom is -0.384 e. The molecular weight excluding hydrogens is 167 g/mol. The van der Waals surface area contributed by atoms with E-state index < -0.39 is 0 Å². The predicted octanol–water partition coefficient (Wildman–Crippen LogP) is 2.26. The summed E-state index contributed by atoms with van der Waals surface area (Å²) in [7, 11) is 0. The number of halogens is 1. The second kappa shape index (κ2) is 2.69. The quantitative estimate of drug-likeness (QED) is 0.668. The number of aryl methyl sites for hydroxylation is 1. The first-order valence-corrected chi connectivity index (χ1v) is 3.99. The molecule has 13 heavy (non-hydrogen) atoms. The number of nitrogens with zero attached hydrogens (tertiary/aromatic N) is 1. The maximum Gasteiger partial charge on any atom is 0.124 e. The number of benzene rings is 1. The second-order valence-electron chi connectivity index (χ2n) is 3.03. The van der Waals surface area contributed by atoms with Crippen molar-refractivity contribution >= 4 is 16.7 Å². The summed E-state index contributed by atoms with van der Waals surface area (Å²) in [5, 5.41) is 0.814. The van der Waals surface area contributed by atoms with Crippen LogP contribution in [0.15, 0.2) is 24.3 Å². The zero-order valence-electron chi connectivity index (χ0n) is 7.21. The molecule has 0 saturated carbocycles. The lowest BCUT2D eigenvalue weighted by Gasteiger charge is -2.02. The van der Waals surface area contributed by atoms with Crippen molar-refractivity contribution in [1.82, 2.24) is 4.98 Å². The lowest BCUT2D eigenvalue weighted by atomic mass is 10.1. The lowest BCUT2D eigenvalue weighted by Crippen LogP contribution is -1.92. The molecule has 1 heterocycles. The first-order valence-electron chi connectivity index (χ1n) is 3.99. The third kappa shape index (κ3) is 1.33. The Morgan fingerprint density at radius 3 is 2.85 bits per heavy atom. The average molecular weight is 176 g/mol. The van der Waals surface area contributed by atoms with Gasteiger partial charge >= 0.3 is 0 Å². The first kappa shape index (κ1) is 7.98. The van der Waals surface area contributed by atoms with E-state index in [1.807, 2.05) is 6.92 Å². The molecule has 1 aromatic heterocycles. The molecule has 0 aliphatic rings. The van der Waals surface area contributed by atoms with Crippen LogP contribution in [0.5, 0.6) is 0 Å². The van der Waals surface area contributed by atoms with Crippen LogP contribution in [0.1, 0.15) is 5.56 Å². The fourth-order valence-electron chi connectivity index (χ4n) is 1.39. The zero-order valence-corrected chi connectivity index (χ0v) is 7.21. The molecule has 0 amide bonds. The number of pyridine rings is 1. The van der Waals surface area contributed by atoms with Crippen LogP contribution < -0.4 is 5.73 Å². The molecule has 0 spiro atoms. The smallest absolute Gasteiger partial charge is 0.124 e. The summed E-state index contributed by atoms with van der Waals surface area (Å²) < 4.78 is 12.9. The van der Waals surface area contributed by atoms with Crippen molar-refractivity contribution in [3.05, 3.63) is 35.6 Å². The summed E-state index contributed by atoms with van der Waals surface area (Å²) in [6, 6.07) is 6.22. The highest BCUT2D eigenvalue weighted by Gasteiger charge is 2.01. The normalized spacial score (nSPS) is 10.6. The van der Waals surface area contributed by atoms with Gasteiger partial charge in [-0.2, -0.15) is 0 Å². The number of rotatable bonds is 0. The van der Waals surface area contributed by atoms with Crippen LogP contribution in [0.3, 0.4) is 0 Å². The topological polar surface area (TPSA) is 38.9 Å². The first-order chi connectivity index (χ1) is 6.16. The van der Waals surface area contributed by atoms with Crippen LogP contribution in [-0.4, -0.2) is 4.98 Å². The van der Waals surface area contributed by atoms with Crippen LogP contribution in [0.2, 0.25) is 0 Å². The molecule has 2 N–H and O–H groups in total. The van der Waals surface area contributed by atoms with Crippen molar-refractivity contribution in [1.29, 1.82) is 0 Å². The monoisotopic (exact) mass is 176 g/mol. The molecule has 2 rings (SSSR count). The van der Waals surface area contributed by atoms with E-state index in [0.717, 1.165) is 16.5 Å². The van der Waals surface area contributed by atoms with E-state index in [0.29, 0.717) is 5.82 Å². The van der Waals surface area contributed by atoms with Gasteiger partial charge in [-0.25, -0.2) is 9.37 Å². The summed E-state index contributed by atoms with van der Waals surface area (Å²) in [4.78, 5) is 4.09. The van der Waals surface area contributed by atoms with Crippen molar-refractivity contribution < 1.29 is 4.39 Å². The summed E-state index contributed by atoms with van der Waals surface area (Å²) in [6.45, 7) is 1.89. The highest BCUT2D eigenvalue weighted by molar-refractivity contribution is 5.83. The SMILES string of the molecule is Cc1cc(N)nc2ccc(F)cc12. The van der Waals surface area contributed by atoms with Gasteiger partial charge in [0.25, 0.3) is 0 Å². The Morgan fingerprint density at radius 2 is 2.08 bits per heavy atom. The van der Waals surface area contributed by atoms with Gasteiger partial charge in [0, 0.05) is 5.39 Å². The van der Waals surface area contributed by atoms with Crippen LogP contribution >= 0.6 is 0 Å². The van der Waals surface area contributed by atoms with E-state index in [9.17, 15) is 4.39 Å². The molecule has 0 atom stereocenters. The van der Waals surface area contributed by atoms with Gasteiger partial charge in [0.2, 0.25) is 0 Å². The molecule has 66 valence electrons. The van der Waals surface area contributed by atoms with E-state index in [2.05, 4.69) is 4.98 Å². The molecule has 0 aliphatic carbocycles. The molecule has 0 radical (unpaired) electrons. The van der Waals surface area contributed by atoms with Gasteiger partial charge in [-0.15, -0.1) is 0 Å². The standard InChI is InChI=1S/C10H9FN2/c1-6-4-10(12)13-9-3-2-7(11)5-8(6)9/h2-5H,1H3,(H2,12,13). The van der Waals surface area contributed by atoms with Gasteiger partial charge in [0.15, 0.2) is 0 Å². The molecule has 2 aromatic rings. The third-order valence-corrected chi connectivity index (χ3v) is 2.00. The van der Waals surface area contributed by atoms with E-state index in [4.69, 9.17) is 5.73 Å². The van der Waals surface area contributed by atoms with Crippen molar-refractivity contribution in [3.63, 3.8) is 0 Å². The Morgan fingerprint density at radius 1 is 1.31 bits per heavy atom. The maximum absolute atomic E-state index is 12.9. The van der Waals surface area contributed by atoms with E-state index in [1.54, 1.807) is 12.1 Å². The Hall–Kier alpha value is -1.64. The fraction of sp³-hybridized carbons (Fsp3) is 0.100. The molecule has 1 aromatic carbocycles. The Kier molecular flexibility index (Phi) is 1.65. The third-order valence-electron chi connectivity index (χ3n) is 2.00. The fourth-order valence-corrected chi connectivity index (χ4v) is 1.39. The number of hydrogen-bond donors (Lipinski definition) is 1. The number of hydrogen-bond acceptors (Lipinski definition) is 2. The number of fused-ring (bicyclic) bond motifs is 1. The molecule has 0 saturated heterocycles. The zero-order chi connectivity index (χ0) is 9.42. The predicted molar refractivity (Wildman–Crippen MR) is 50.9 cm³/mol. The maximum atomic E-state index is 12.9. The highest BCUT2D eigenvalue weighted by atomic mass is 19.1. The highest BCUT2D eigenvalue weighted by Crippen LogP contribution is 2.19. The Bertz CT molecular complexity index is 466. The molecule has 0 fully saturated rings. The van der Waals surface area contributed by atoms with Crippen molar-refractivity contribution in [3.8, 4) is 0 Å². The minimum atomic E-state index is -0.248. The van der Waals surface area contributed by atoms with Crippen molar-refractivity contribution in [2.45, 2.75) is 6.92 Å². The van der Waals surface area contributed by atoms with Gasteiger partial charge in [0.1, 0.15) is 11.6 Å². The van der Waals surface area contributed by atoms with Crippen LogP contribution in [-0.2, 0) is 0 Å². The van der Waals surface area contributed by atoms with Crippen molar-refractivity contribution in [2.24, 2.45) is 0 Å². The lowest BCUT2D eigenvalue weighted by molar-refractivity contribution is 0.629. The second-order valence-corrected chi connectivity index (χ2v) is 3.03.